The Labute approximate surface area is 228 Å². The van der Waals surface area contributed by atoms with E-state index in [4.69, 9.17) is 13.9 Å². The summed E-state index contributed by atoms with van der Waals surface area (Å²) in [7, 11) is 1.61. The minimum Gasteiger partial charge on any atom is -0.497 e. The Morgan fingerprint density at radius 1 is 1.08 bits per heavy atom. The Hall–Kier alpha value is -4.33. The number of aryl methyl sites for hydroxylation is 1. The van der Waals surface area contributed by atoms with Crippen molar-refractivity contribution in [3.63, 3.8) is 0 Å². The molecule has 3 heterocycles. The number of aromatic nitrogens is 1. The molecular formula is C31H33N3O5. The first-order valence-electron chi connectivity index (χ1n) is 13.0. The van der Waals surface area contributed by atoms with Gasteiger partial charge in [0.15, 0.2) is 5.78 Å². The largest absolute Gasteiger partial charge is 0.497 e. The van der Waals surface area contributed by atoms with E-state index in [1.807, 2.05) is 56.3 Å². The number of nitrogens with one attached hydrogen (secondary N) is 2. The second kappa shape index (κ2) is 10.4. The van der Waals surface area contributed by atoms with Crippen LogP contribution < -0.4 is 20.1 Å². The van der Waals surface area contributed by atoms with Gasteiger partial charge in [0.1, 0.15) is 35.4 Å². The number of Topliss-reactive ketones (excluding diaryl/α,β-unsaturated/α-hetero) is 1. The molecule has 0 bridgehead atoms. The lowest BCUT2D eigenvalue weighted by molar-refractivity contribution is -0.118. The smallest absolute Gasteiger partial charge is 0.255 e. The van der Waals surface area contributed by atoms with Crippen LogP contribution in [-0.4, -0.2) is 23.8 Å². The lowest BCUT2D eigenvalue weighted by Gasteiger charge is -2.38. The van der Waals surface area contributed by atoms with Gasteiger partial charge in [-0.1, -0.05) is 19.9 Å². The van der Waals surface area contributed by atoms with Gasteiger partial charge in [0.05, 0.1) is 18.6 Å². The van der Waals surface area contributed by atoms with Crippen LogP contribution in [0.3, 0.4) is 0 Å². The number of ketones is 1. The van der Waals surface area contributed by atoms with Gasteiger partial charge in [-0.15, -0.1) is 0 Å². The van der Waals surface area contributed by atoms with Crippen LogP contribution in [0.1, 0.15) is 56.6 Å². The highest BCUT2D eigenvalue weighted by atomic mass is 16.5. The molecule has 0 radical (unpaired) electrons. The Morgan fingerprint density at radius 3 is 2.51 bits per heavy atom. The van der Waals surface area contributed by atoms with E-state index in [-0.39, 0.29) is 23.7 Å². The van der Waals surface area contributed by atoms with Gasteiger partial charge < -0.3 is 24.5 Å². The summed E-state index contributed by atoms with van der Waals surface area (Å²) in [5.41, 5.74) is 3.35. The van der Waals surface area contributed by atoms with Crippen LogP contribution in [-0.2, 0) is 16.2 Å². The standard InChI is InChI=1S/C31H33N3O5/c1-18-6-13-26(32-16-18)34-30(36)27-19(2)33-23-14-31(3,4)15-24(35)28(23)29(27)25-12-11-22(39-25)17-38-21-9-7-20(37-5)8-10-21/h6-13,16,29,33H,14-15,17H2,1-5H3,(H,32,34,36)/t29-/m1/s1. The van der Waals surface area contributed by atoms with Gasteiger partial charge >= 0.3 is 0 Å². The van der Waals surface area contributed by atoms with E-state index in [1.54, 1.807) is 19.4 Å². The van der Waals surface area contributed by atoms with Crippen molar-refractivity contribution in [2.75, 3.05) is 12.4 Å². The normalized spacial score (nSPS) is 18.4. The minimum atomic E-state index is -0.648. The Morgan fingerprint density at radius 2 is 1.82 bits per heavy atom. The average molecular weight is 528 g/mol. The third-order valence-electron chi connectivity index (χ3n) is 7.04. The van der Waals surface area contributed by atoms with E-state index in [0.717, 1.165) is 17.0 Å². The number of allylic oxidation sites excluding steroid dienone is 3. The zero-order valence-electron chi connectivity index (χ0n) is 22.9. The Bertz CT molecular complexity index is 1460. The van der Waals surface area contributed by atoms with Gasteiger partial charge in [-0.05, 0) is 73.7 Å². The van der Waals surface area contributed by atoms with Crippen molar-refractivity contribution in [2.24, 2.45) is 5.41 Å². The molecule has 2 aromatic heterocycles. The average Bonchev–Trinajstić information content (AvgIpc) is 3.36. The third-order valence-corrected chi connectivity index (χ3v) is 7.04. The van der Waals surface area contributed by atoms with Crippen LogP contribution in [0.4, 0.5) is 5.82 Å². The lowest BCUT2D eigenvalue weighted by atomic mass is 9.69. The molecule has 0 saturated heterocycles. The van der Waals surface area contributed by atoms with Crippen molar-refractivity contribution in [3.05, 3.63) is 94.4 Å². The molecule has 1 aromatic carbocycles. The Kier molecular flexibility index (Phi) is 7.04. The van der Waals surface area contributed by atoms with Gasteiger partial charge in [0.2, 0.25) is 0 Å². The molecule has 2 aliphatic rings. The molecule has 0 unspecified atom stereocenters. The highest BCUT2D eigenvalue weighted by molar-refractivity contribution is 6.09. The number of benzene rings is 1. The summed E-state index contributed by atoms with van der Waals surface area (Å²) in [6.45, 7) is 8.15. The summed E-state index contributed by atoms with van der Waals surface area (Å²) in [5, 5.41) is 6.27. The van der Waals surface area contributed by atoms with Crippen LogP contribution in [0.25, 0.3) is 0 Å². The molecule has 2 N–H and O–H groups in total. The lowest BCUT2D eigenvalue weighted by Crippen LogP contribution is -2.39. The number of hydrogen-bond donors (Lipinski definition) is 2. The maximum absolute atomic E-state index is 13.7. The summed E-state index contributed by atoms with van der Waals surface area (Å²) < 4.78 is 17.3. The summed E-state index contributed by atoms with van der Waals surface area (Å²) in [4.78, 5) is 31.5. The van der Waals surface area contributed by atoms with Crippen molar-refractivity contribution in [2.45, 2.75) is 53.1 Å². The molecule has 1 atom stereocenters. The van der Waals surface area contributed by atoms with E-state index in [0.29, 0.717) is 52.8 Å². The topological polar surface area (TPSA) is 103 Å². The van der Waals surface area contributed by atoms with E-state index in [1.165, 1.54) is 0 Å². The molecule has 0 fully saturated rings. The van der Waals surface area contributed by atoms with Crippen molar-refractivity contribution in [3.8, 4) is 11.5 Å². The molecule has 3 aromatic rings. The summed E-state index contributed by atoms with van der Waals surface area (Å²) >= 11 is 0. The minimum absolute atomic E-state index is 0.0115. The summed E-state index contributed by atoms with van der Waals surface area (Å²) in [6.07, 6.45) is 2.79. The molecule has 8 heteroatoms. The quantitative estimate of drug-likeness (QED) is 0.399. The number of nitrogens with zero attached hydrogens (tertiary/aromatic N) is 1. The molecule has 39 heavy (non-hydrogen) atoms. The first-order chi connectivity index (χ1) is 18.6. The number of amides is 1. The zero-order valence-corrected chi connectivity index (χ0v) is 22.9. The number of carbonyl (C=O) groups is 2. The fourth-order valence-electron chi connectivity index (χ4n) is 5.20. The maximum atomic E-state index is 13.7. The fraction of sp³-hybridized carbons (Fsp3) is 0.323. The van der Waals surface area contributed by atoms with Crippen LogP contribution in [0.15, 0.2) is 81.7 Å². The van der Waals surface area contributed by atoms with Crippen molar-refractivity contribution in [1.29, 1.82) is 0 Å². The highest BCUT2D eigenvalue weighted by Gasteiger charge is 2.44. The van der Waals surface area contributed by atoms with E-state index in [2.05, 4.69) is 29.5 Å². The van der Waals surface area contributed by atoms with Crippen LogP contribution in [0, 0.1) is 12.3 Å². The van der Waals surface area contributed by atoms with Crippen molar-refractivity contribution < 1.29 is 23.5 Å². The van der Waals surface area contributed by atoms with E-state index in [9.17, 15) is 9.59 Å². The molecule has 202 valence electrons. The first kappa shape index (κ1) is 26.3. The number of rotatable bonds is 7. The fourth-order valence-corrected chi connectivity index (χ4v) is 5.20. The number of methoxy groups -OCH3 is 1. The summed E-state index contributed by atoms with van der Waals surface area (Å²) in [6, 6.07) is 14.6. The number of furan rings is 1. The number of carbonyl (C=O) groups excluding carboxylic acids is 2. The first-order valence-corrected chi connectivity index (χ1v) is 13.0. The van der Waals surface area contributed by atoms with Gasteiger partial charge in [-0.2, -0.15) is 0 Å². The second-order valence-electron chi connectivity index (χ2n) is 10.9. The van der Waals surface area contributed by atoms with Crippen LogP contribution in [0.5, 0.6) is 11.5 Å². The van der Waals surface area contributed by atoms with E-state index >= 15 is 0 Å². The molecule has 5 rings (SSSR count). The predicted molar refractivity (Wildman–Crippen MR) is 147 cm³/mol. The molecular weight excluding hydrogens is 494 g/mol. The number of anilines is 1. The number of dihydropyridines is 1. The zero-order chi connectivity index (χ0) is 27.7. The molecule has 1 aliphatic carbocycles. The SMILES string of the molecule is COc1ccc(OCc2ccc([C@@H]3C(C(=O)Nc4ccc(C)cn4)=C(C)NC4=C3C(=O)CC(C)(C)C4)o2)cc1. The number of hydrogen-bond acceptors (Lipinski definition) is 7. The van der Waals surface area contributed by atoms with Crippen molar-refractivity contribution >= 4 is 17.5 Å². The van der Waals surface area contributed by atoms with Gasteiger partial charge in [-0.3, -0.25) is 9.59 Å². The summed E-state index contributed by atoms with van der Waals surface area (Å²) in [5.74, 6) is 1.99. The second-order valence-corrected chi connectivity index (χ2v) is 10.9. The van der Waals surface area contributed by atoms with Gasteiger partial charge in [-0.25, -0.2) is 4.98 Å². The molecule has 0 saturated carbocycles. The van der Waals surface area contributed by atoms with Crippen LogP contribution >= 0.6 is 0 Å². The number of pyridine rings is 1. The monoisotopic (exact) mass is 527 g/mol. The molecule has 1 aliphatic heterocycles. The molecule has 0 spiro atoms. The Balaban J connectivity index is 1.46. The maximum Gasteiger partial charge on any atom is 0.255 e. The number of ether oxygens (including phenoxy) is 2. The third kappa shape index (κ3) is 5.60. The van der Waals surface area contributed by atoms with Gasteiger partial charge in [0, 0.05) is 29.6 Å². The van der Waals surface area contributed by atoms with Gasteiger partial charge in [0.25, 0.3) is 5.91 Å². The highest BCUT2D eigenvalue weighted by Crippen LogP contribution is 2.47. The predicted octanol–water partition coefficient (Wildman–Crippen LogP) is 5.81. The molecule has 8 nitrogen and oxygen atoms in total. The van der Waals surface area contributed by atoms with E-state index < -0.39 is 5.92 Å². The van der Waals surface area contributed by atoms with Crippen LogP contribution in [0.2, 0.25) is 0 Å². The molecule has 1 amide bonds. The van der Waals surface area contributed by atoms with Crippen molar-refractivity contribution in [1.82, 2.24) is 10.3 Å².